The Morgan fingerprint density at radius 2 is 1.65 bits per heavy atom. The van der Waals surface area contributed by atoms with Crippen LogP contribution in [0.25, 0.3) is 0 Å². The highest BCUT2D eigenvalue weighted by Gasteiger charge is 2.16. The van der Waals surface area contributed by atoms with E-state index in [1.807, 2.05) is 30.3 Å². The lowest BCUT2D eigenvalue weighted by molar-refractivity contribution is -0.119. The molecule has 8 heteroatoms. The summed E-state index contributed by atoms with van der Waals surface area (Å²) in [6.07, 6.45) is 0.957. The summed E-state index contributed by atoms with van der Waals surface area (Å²) in [6, 6.07) is 15.9. The van der Waals surface area contributed by atoms with E-state index in [-0.39, 0.29) is 15.9 Å². The Morgan fingerprint density at radius 1 is 1.04 bits per heavy atom. The van der Waals surface area contributed by atoms with Gasteiger partial charge in [0.15, 0.2) is 5.11 Å². The van der Waals surface area contributed by atoms with Crippen molar-refractivity contribution in [2.75, 3.05) is 19.4 Å². The number of nitrogens with zero attached hydrogens (tertiary/aromatic N) is 1. The molecule has 0 heterocycles. The molecule has 2 rings (SSSR count). The molecule has 0 saturated heterocycles. The molecule has 138 valence electrons. The molecule has 0 saturated carbocycles. The predicted molar refractivity (Wildman–Crippen MR) is 106 cm³/mol. The number of sulfonamides is 1. The Balaban J connectivity index is 1.86. The first-order valence-corrected chi connectivity index (χ1v) is 9.81. The lowest BCUT2D eigenvalue weighted by atomic mass is 10.1. The maximum Gasteiger partial charge on any atom is 0.242 e. The maximum absolute atomic E-state index is 12.0. The number of hydrogen-bond donors (Lipinski definition) is 2. The van der Waals surface area contributed by atoms with Gasteiger partial charge in [-0.1, -0.05) is 30.3 Å². The van der Waals surface area contributed by atoms with Crippen LogP contribution in [-0.2, 0) is 21.2 Å². The lowest BCUT2D eigenvalue weighted by Crippen LogP contribution is -2.34. The molecular formula is C18H21N3O3S2. The van der Waals surface area contributed by atoms with Gasteiger partial charge < -0.3 is 10.6 Å². The van der Waals surface area contributed by atoms with Crippen molar-refractivity contribution < 1.29 is 13.2 Å². The number of rotatable bonds is 6. The van der Waals surface area contributed by atoms with Gasteiger partial charge in [0.05, 0.1) is 4.90 Å². The summed E-state index contributed by atoms with van der Waals surface area (Å²) in [6.45, 7) is 0. The van der Waals surface area contributed by atoms with Crippen LogP contribution in [0.15, 0.2) is 59.5 Å². The standard InChI is InChI=1S/C18H21N3O3S2/c1-21(2)26(23,24)16-11-9-15(10-12-16)19-18(25)20-17(22)13-8-14-6-4-3-5-7-14/h3-7,9-12H,8,13H2,1-2H3,(H2,19,20,22,25). The zero-order valence-electron chi connectivity index (χ0n) is 14.6. The first-order valence-electron chi connectivity index (χ1n) is 7.96. The highest BCUT2D eigenvalue weighted by molar-refractivity contribution is 7.89. The fraction of sp³-hybridized carbons (Fsp3) is 0.222. The zero-order valence-corrected chi connectivity index (χ0v) is 16.2. The van der Waals surface area contributed by atoms with Crippen molar-refractivity contribution in [2.24, 2.45) is 0 Å². The summed E-state index contributed by atoms with van der Waals surface area (Å²) >= 11 is 5.12. The van der Waals surface area contributed by atoms with Gasteiger partial charge in [-0.15, -0.1) is 0 Å². The summed E-state index contributed by atoms with van der Waals surface area (Å²) in [5, 5.41) is 5.66. The van der Waals surface area contributed by atoms with E-state index in [2.05, 4.69) is 10.6 Å². The predicted octanol–water partition coefficient (Wildman–Crippen LogP) is 2.38. The number of anilines is 1. The fourth-order valence-corrected chi connectivity index (χ4v) is 3.31. The third kappa shape index (κ3) is 5.62. The highest BCUT2D eigenvalue weighted by atomic mass is 32.2. The van der Waals surface area contributed by atoms with Crippen molar-refractivity contribution in [1.82, 2.24) is 9.62 Å². The van der Waals surface area contributed by atoms with Gasteiger partial charge in [0.25, 0.3) is 0 Å². The van der Waals surface area contributed by atoms with E-state index in [0.717, 1.165) is 9.87 Å². The number of carbonyl (C=O) groups is 1. The van der Waals surface area contributed by atoms with Crippen molar-refractivity contribution in [3.05, 3.63) is 60.2 Å². The SMILES string of the molecule is CN(C)S(=O)(=O)c1ccc(NC(=S)NC(=O)CCc2ccccc2)cc1. The second kappa shape index (κ2) is 8.88. The van der Waals surface area contributed by atoms with Gasteiger partial charge in [0.1, 0.15) is 0 Å². The fourth-order valence-electron chi connectivity index (χ4n) is 2.18. The molecule has 1 amide bonds. The van der Waals surface area contributed by atoms with Crippen molar-refractivity contribution >= 4 is 38.9 Å². The molecule has 0 aromatic heterocycles. The number of thiocarbonyl (C=S) groups is 1. The van der Waals surface area contributed by atoms with E-state index in [1.54, 1.807) is 12.1 Å². The Bertz CT molecular complexity index is 864. The topological polar surface area (TPSA) is 78.5 Å². The van der Waals surface area contributed by atoms with E-state index in [4.69, 9.17) is 12.2 Å². The molecule has 6 nitrogen and oxygen atoms in total. The molecule has 2 aromatic rings. The minimum absolute atomic E-state index is 0.172. The van der Waals surface area contributed by atoms with E-state index in [9.17, 15) is 13.2 Å². The molecule has 0 aliphatic heterocycles. The molecule has 0 spiro atoms. The second-order valence-electron chi connectivity index (χ2n) is 5.80. The monoisotopic (exact) mass is 391 g/mol. The van der Waals surface area contributed by atoms with Gasteiger partial charge in [-0.05, 0) is 48.5 Å². The first kappa shape index (κ1) is 20.0. The van der Waals surface area contributed by atoms with Crippen LogP contribution in [0, 0.1) is 0 Å². The second-order valence-corrected chi connectivity index (χ2v) is 8.36. The molecule has 2 aromatic carbocycles. The quantitative estimate of drug-likeness (QED) is 0.739. The maximum atomic E-state index is 12.0. The molecule has 0 atom stereocenters. The average Bonchev–Trinajstić information content (AvgIpc) is 2.61. The lowest BCUT2D eigenvalue weighted by Gasteiger charge is -2.13. The number of benzene rings is 2. The number of amides is 1. The Labute approximate surface area is 159 Å². The highest BCUT2D eigenvalue weighted by Crippen LogP contribution is 2.16. The normalized spacial score (nSPS) is 11.2. The minimum atomic E-state index is -3.47. The van der Waals surface area contributed by atoms with Crippen LogP contribution in [-0.4, -0.2) is 37.8 Å². The molecule has 0 bridgehead atoms. The minimum Gasteiger partial charge on any atom is -0.332 e. The summed E-state index contributed by atoms with van der Waals surface area (Å²) in [5.74, 6) is -0.182. The van der Waals surface area contributed by atoms with Crippen molar-refractivity contribution in [1.29, 1.82) is 0 Å². The van der Waals surface area contributed by atoms with E-state index < -0.39 is 10.0 Å². The van der Waals surface area contributed by atoms with E-state index >= 15 is 0 Å². The van der Waals surface area contributed by atoms with Gasteiger partial charge in [-0.25, -0.2) is 12.7 Å². The van der Waals surface area contributed by atoms with E-state index in [0.29, 0.717) is 18.5 Å². The summed E-state index contributed by atoms with van der Waals surface area (Å²) in [7, 11) is -0.524. The number of aryl methyl sites for hydroxylation is 1. The van der Waals surface area contributed by atoms with E-state index in [1.165, 1.54) is 26.2 Å². The Hall–Kier alpha value is -2.29. The van der Waals surface area contributed by atoms with Crippen molar-refractivity contribution in [3.63, 3.8) is 0 Å². The smallest absolute Gasteiger partial charge is 0.242 e. The van der Waals surface area contributed by atoms with Crippen LogP contribution in [0.4, 0.5) is 5.69 Å². The summed E-state index contributed by atoms with van der Waals surface area (Å²) < 4.78 is 25.2. The summed E-state index contributed by atoms with van der Waals surface area (Å²) in [5.41, 5.74) is 1.68. The zero-order chi connectivity index (χ0) is 19.2. The van der Waals surface area contributed by atoms with Gasteiger partial charge in [0, 0.05) is 26.2 Å². The molecule has 0 unspecified atom stereocenters. The van der Waals surface area contributed by atoms with Crippen LogP contribution >= 0.6 is 12.2 Å². The molecule has 0 aliphatic rings. The first-order chi connectivity index (χ1) is 12.3. The Morgan fingerprint density at radius 3 is 2.23 bits per heavy atom. The Kier molecular flexibility index (Phi) is 6.84. The van der Waals surface area contributed by atoms with Crippen molar-refractivity contribution in [2.45, 2.75) is 17.7 Å². The van der Waals surface area contributed by atoms with Crippen LogP contribution in [0.1, 0.15) is 12.0 Å². The average molecular weight is 392 g/mol. The molecular weight excluding hydrogens is 370 g/mol. The van der Waals surface area contributed by atoms with Crippen molar-refractivity contribution in [3.8, 4) is 0 Å². The number of hydrogen-bond acceptors (Lipinski definition) is 4. The third-order valence-electron chi connectivity index (χ3n) is 3.63. The molecule has 0 aliphatic carbocycles. The molecule has 26 heavy (non-hydrogen) atoms. The molecule has 0 fully saturated rings. The van der Waals surface area contributed by atoms with Crippen LogP contribution in [0.5, 0.6) is 0 Å². The van der Waals surface area contributed by atoms with Gasteiger partial charge in [-0.2, -0.15) is 0 Å². The van der Waals surface area contributed by atoms with Gasteiger partial charge in [0.2, 0.25) is 15.9 Å². The van der Waals surface area contributed by atoms with Gasteiger partial charge in [-0.3, -0.25) is 4.79 Å². The van der Waals surface area contributed by atoms with Crippen LogP contribution < -0.4 is 10.6 Å². The third-order valence-corrected chi connectivity index (χ3v) is 5.66. The molecule has 0 radical (unpaired) electrons. The molecule has 2 N–H and O–H groups in total. The summed E-state index contributed by atoms with van der Waals surface area (Å²) in [4.78, 5) is 12.1. The number of carbonyl (C=O) groups excluding carboxylic acids is 1. The number of nitrogens with one attached hydrogen (secondary N) is 2. The largest absolute Gasteiger partial charge is 0.332 e. The van der Waals surface area contributed by atoms with Crippen LogP contribution in [0.2, 0.25) is 0 Å². The van der Waals surface area contributed by atoms with Crippen LogP contribution in [0.3, 0.4) is 0 Å². The van der Waals surface area contributed by atoms with Gasteiger partial charge >= 0.3 is 0 Å².